The van der Waals surface area contributed by atoms with Crippen LogP contribution in [0.4, 0.5) is 13.2 Å². The van der Waals surface area contributed by atoms with Crippen LogP contribution in [0.25, 0.3) is 0 Å². The Labute approximate surface area is 101 Å². The Bertz CT molecular complexity index is 481. The van der Waals surface area contributed by atoms with E-state index in [0.29, 0.717) is 12.1 Å². The molecule has 0 fully saturated rings. The Morgan fingerprint density at radius 2 is 1.67 bits per heavy atom. The molecule has 1 rings (SSSR count). The molecule has 0 saturated carbocycles. The number of hydrogen-bond donors (Lipinski definition) is 1. The number of carboxylic acid groups (broad SMARTS) is 1. The molecule has 1 amide bonds. The molecule has 4 nitrogen and oxygen atoms in total. The normalized spacial score (nSPS) is 12.1. The summed E-state index contributed by atoms with van der Waals surface area (Å²) in [5, 5.41) is 8.96. The summed E-state index contributed by atoms with van der Waals surface area (Å²) >= 11 is 0. The number of nitrogens with zero attached hydrogens (tertiary/aromatic N) is 1. The van der Waals surface area contributed by atoms with Gasteiger partial charge in [0.25, 0.3) is 0 Å². The lowest BCUT2D eigenvalue weighted by atomic mass is 10.1. The summed E-state index contributed by atoms with van der Waals surface area (Å²) < 4.78 is 38.8. The number of carboxylic acids is 1. The highest BCUT2D eigenvalue weighted by atomic mass is 19.2. The predicted molar refractivity (Wildman–Crippen MR) is 55.1 cm³/mol. The summed E-state index contributed by atoms with van der Waals surface area (Å²) in [6.45, 7) is 1.10. The third-order valence-electron chi connectivity index (χ3n) is 2.44. The van der Waals surface area contributed by atoms with E-state index in [9.17, 15) is 22.8 Å². The van der Waals surface area contributed by atoms with Crippen molar-refractivity contribution in [2.24, 2.45) is 0 Å². The van der Waals surface area contributed by atoms with Gasteiger partial charge < -0.3 is 10.0 Å². The Kier molecular flexibility index (Phi) is 3.95. The van der Waals surface area contributed by atoms with Crippen LogP contribution in [-0.4, -0.2) is 28.9 Å². The number of hydrogen-bond acceptors (Lipinski definition) is 2. The van der Waals surface area contributed by atoms with Crippen LogP contribution < -0.4 is 0 Å². The van der Waals surface area contributed by atoms with Gasteiger partial charge in [0.15, 0.2) is 23.5 Å². The number of rotatable bonds is 3. The zero-order chi connectivity index (χ0) is 14.0. The molecule has 0 aromatic heterocycles. The molecule has 1 atom stereocenters. The number of amides is 1. The van der Waals surface area contributed by atoms with Gasteiger partial charge in [-0.25, -0.2) is 18.0 Å². The van der Waals surface area contributed by atoms with E-state index in [1.807, 2.05) is 0 Å². The first-order valence-corrected chi connectivity index (χ1v) is 4.86. The van der Waals surface area contributed by atoms with Gasteiger partial charge in [0.2, 0.25) is 5.91 Å². The van der Waals surface area contributed by atoms with E-state index in [1.165, 1.54) is 7.05 Å². The molecule has 0 radical (unpaired) electrons. The molecule has 1 N–H and O–H groups in total. The largest absolute Gasteiger partial charge is 0.479 e. The molecule has 18 heavy (non-hydrogen) atoms. The third kappa shape index (κ3) is 2.61. The molecule has 1 aromatic rings. The molecule has 0 aliphatic carbocycles. The van der Waals surface area contributed by atoms with Crippen LogP contribution >= 0.6 is 0 Å². The quantitative estimate of drug-likeness (QED) is 0.843. The molecular weight excluding hydrogens is 251 g/mol. The summed E-state index contributed by atoms with van der Waals surface area (Å²) in [6.07, 6.45) is 0. The molecule has 0 saturated heterocycles. The summed E-state index contributed by atoms with van der Waals surface area (Å²) in [5.41, 5.74) is -0.350. The van der Waals surface area contributed by atoms with Crippen LogP contribution in [0.3, 0.4) is 0 Å². The van der Waals surface area contributed by atoms with Crippen molar-refractivity contribution in [3.8, 4) is 0 Å². The minimum atomic E-state index is -1.69. The molecule has 1 unspecified atom stereocenters. The molecule has 98 valence electrons. The van der Waals surface area contributed by atoms with Crippen molar-refractivity contribution in [1.29, 1.82) is 0 Å². The fourth-order valence-electron chi connectivity index (χ4n) is 1.45. The maximum Gasteiger partial charge on any atom is 0.331 e. The van der Waals surface area contributed by atoms with Crippen LogP contribution in [0.5, 0.6) is 0 Å². The average Bonchev–Trinajstić information content (AvgIpc) is 2.25. The van der Waals surface area contributed by atoms with Crippen molar-refractivity contribution in [3.63, 3.8) is 0 Å². The van der Waals surface area contributed by atoms with Gasteiger partial charge in [0.1, 0.15) is 0 Å². The van der Waals surface area contributed by atoms with E-state index in [0.717, 1.165) is 11.8 Å². The first-order chi connectivity index (χ1) is 8.25. The number of halogens is 3. The van der Waals surface area contributed by atoms with Gasteiger partial charge in [0, 0.05) is 14.0 Å². The number of carbonyl (C=O) groups excluding carboxylic acids is 1. The molecule has 0 heterocycles. The van der Waals surface area contributed by atoms with Crippen LogP contribution in [0, 0.1) is 17.5 Å². The molecule has 0 aliphatic rings. The van der Waals surface area contributed by atoms with E-state index in [2.05, 4.69) is 0 Å². The number of likely N-dealkylation sites (N-methyl/N-ethyl adjacent to an activating group) is 1. The van der Waals surface area contributed by atoms with Gasteiger partial charge in [-0.2, -0.15) is 0 Å². The van der Waals surface area contributed by atoms with Crippen molar-refractivity contribution in [1.82, 2.24) is 4.90 Å². The highest BCUT2D eigenvalue weighted by molar-refractivity contribution is 5.83. The zero-order valence-electron chi connectivity index (χ0n) is 9.58. The van der Waals surface area contributed by atoms with Crippen LogP contribution in [0.2, 0.25) is 0 Å². The monoisotopic (exact) mass is 261 g/mol. The zero-order valence-corrected chi connectivity index (χ0v) is 9.58. The first-order valence-electron chi connectivity index (χ1n) is 4.86. The molecule has 1 aromatic carbocycles. The maximum absolute atomic E-state index is 13.0. The highest BCUT2D eigenvalue weighted by Gasteiger charge is 2.28. The van der Waals surface area contributed by atoms with Crippen molar-refractivity contribution in [2.45, 2.75) is 13.0 Å². The van der Waals surface area contributed by atoms with Crippen LogP contribution in [0.15, 0.2) is 12.1 Å². The summed E-state index contributed by atoms with van der Waals surface area (Å²) in [5.74, 6) is -6.78. The van der Waals surface area contributed by atoms with Gasteiger partial charge in [-0.3, -0.25) is 4.79 Å². The molecule has 0 bridgehead atoms. The second kappa shape index (κ2) is 5.07. The van der Waals surface area contributed by atoms with Crippen LogP contribution in [-0.2, 0) is 9.59 Å². The third-order valence-corrected chi connectivity index (χ3v) is 2.44. The van der Waals surface area contributed by atoms with E-state index in [4.69, 9.17) is 5.11 Å². The summed E-state index contributed by atoms with van der Waals surface area (Å²) in [6, 6.07) is -0.472. The summed E-state index contributed by atoms with van der Waals surface area (Å²) in [7, 11) is 1.17. The smallest absolute Gasteiger partial charge is 0.331 e. The van der Waals surface area contributed by atoms with Gasteiger partial charge in [0.05, 0.1) is 0 Å². The Morgan fingerprint density at radius 3 is 2.00 bits per heavy atom. The van der Waals surface area contributed by atoms with E-state index in [-0.39, 0.29) is 5.56 Å². The Balaban J connectivity index is 3.31. The number of carbonyl (C=O) groups is 2. The predicted octanol–water partition coefficient (Wildman–Crippen LogP) is 1.71. The number of aliphatic carboxylic acids is 1. The van der Waals surface area contributed by atoms with Crippen molar-refractivity contribution in [2.75, 3.05) is 7.05 Å². The molecule has 0 aliphatic heterocycles. The minimum absolute atomic E-state index is 0.350. The lowest BCUT2D eigenvalue weighted by Gasteiger charge is -2.23. The second-order valence-corrected chi connectivity index (χ2v) is 3.67. The minimum Gasteiger partial charge on any atom is -0.479 e. The molecule has 7 heteroatoms. The topological polar surface area (TPSA) is 57.6 Å². The highest BCUT2D eigenvalue weighted by Crippen LogP contribution is 2.23. The lowest BCUT2D eigenvalue weighted by Crippen LogP contribution is -2.34. The lowest BCUT2D eigenvalue weighted by molar-refractivity contribution is -0.148. The number of benzene rings is 1. The maximum atomic E-state index is 13.0. The fourth-order valence-corrected chi connectivity index (χ4v) is 1.45. The first kappa shape index (κ1) is 14.0. The van der Waals surface area contributed by atoms with Crippen molar-refractivity contribution >= 4 is 11.9 Å². The van der Waals surface area contributed by atoms with Crippen molar-refractivity contribution in [3.05, 3.63) is 35.1 Å². The van der Waals surface area contributed by atoms with E-state index >= 15 is 0 Å². The average molecular weight is 261 g/mol. The summed E-state index contributed by atoms with van der Waals surface area (Å²) in [4.78, 5) is 22.9. The molecule has 0 spiro atoms. The SMILES string of the molecule is CC(=O)N(C)C(C(=O)O)c1cc(F)c(F)c(F)c1. The van der Waals surface area contributed by atoms with Crippen molar-refractivity contribution < 1.29 is 27.9 Å². The standard InChI is InChI=1S/C11H10F3NO3/c1-5(16)15(2)10(11(17)18)6-3-7(12)9(14)8(13)4-6/h3-4,10H,1-2H3,(H,17,18). The second-order valence-electron chi connectivity index (χ2n) is 3.67. The van der Waals surface area contributed by atoms with Gasteiger partial charge in [-0.05, 0) is 17.7 Å². The van der Waals surface area contributed by atoms with Gasteiger partial charge in [-0.1, -0.05) is 0 Å². The van der Waals surface area contributed by atoms with E-state index in [1.54, 1.807) is 0 Å². The van der Waals surface area contributed by atoms with Gasteiger partial charge >= 0.3 is 5.97 Å². The van der Waals surface area contributed by atoms with Crippen LogP contribution in [0.1, 0.15) is 18.5 Å². The fraction of sp³-hybridized carbons (Fsp3) is 0.273. The molecular formula is C11H10F3NO3. The van der Waals surface area contributed by atoms with Gasteiger partial charge in [-0.15, -0.1) is 0 Å². The van der Waals surface area contributed by atoms with E-state index < -0.39 is 35.4 Å². The Hall–Kier alpha value is -2.05. The Morgan fingerprint density at radius 1 is 1.22 bits per heavy atom.